The highest BCUT2D eigenvalue weighted by atomic mass is 79.9. The predicted octanol–water partition coefficient (Wildman–Crippen LogP) is 5.32. The van der Waals surface area contributed by atoms with Gasteiger partial charge in [0.2, 0.25) is 0 Å². The van der Waals surface area contributed by atoms with Gasteiger partial charge in [0.25, 0.3) is 5.91 Å². The number of ether oxygens (including phenoxy) is 1. The van der Waals surface area contributed by atoms with Crippen molar-refractivity contribution in [2.75, 3.05) is 40.8 Å². The van der Waals surface area contributed by atoms with E-state index in [1.54, 1.807) is 0 Å². The van der Waals surface area contributed by atoms with Crippen molar-refractivity contribution in [1.82, 2.24) is 15.3 Å². The molecule has 2 heterocycles. The van der Waals surface area contributed by atoms with Crippen molar-refractivity contribution in [2.24, 2.45) is 0 Å². The molecule has 2 aromatic carbocycles. The molecule has 0 saturated heterocycles. The number of benzene rings is 2. The summed E-state index contributed by atoms with van der Waals surface area (Å²) in [6.45, 7) is 1.55. The number of fused-ring (bicyclic) bond motifs is 2. The van der Waals surface area contributed by atoms with Crippen molar-refractivity contribution in [3.05, 3.63) is 52.0 Å². The SMILES string of the molecule is C[N+](C)(C)CCCNC(=O)COc1cc2[nH]c(-c3cc4ccc(Br)cc4[nH]3)cc2cc1Cl. The third-order valence-corrected chi connectivity index (χ3v) is 6.02. The Morgan fingerprint density at radius 1 is 1.03 bits per heavy atom. The van der Waals surface area contributed by atoms with Crippen LogP contribution in [-0.4, -0.2) is 61.2 Å². The molecule has 0 bridgehead atoms. The van der Waals surface area contributed by atoms with Gasteiger partial charge in [-0.05, 0) is 30.3 Å². The lowest BCUT2D eigenvalue weighted by atomic mass is 10.2. The maximum Gasteiger partial charge on any atom is 0.257 e. The minimum absolute atomic E-state index is 0.0694. The summed E-state index contributed by atoms with van der Waals surface area (Å²) in [5.41, 5.74) is 3.89. The molecule has 0 aliphatic rings. The number of aromatic amines is 2. The van der Waals surface area contributed by atoms with E-state index in [1.807, 2.05) is 24.3 Å². The zero-order valence-corrected chi connectivity index (χ0v) is 20.7. The van der Waals surface area contributed by atoms with E-state index in [2.05, 4.69) is 70.6 Å². The number of nitrogens with zero attached hydrogens (tertiary/aromatic N) is 1. The van der Waals surface area contributed by atoms with Crippen molar-refractivity contribution in [3.8, 4) is 17.1 Å². The molecular formula is C24H27BrClN4O2+. The van der Waals surface area contributed by atoms with Gasteiger partial charge in [0.15, 0.2) is 6.61 Å². The monoisotopic (exact) mass is 517 g/mol. The van der Waals surface area contributed by atoms with Crippen LogP contribution in [0.2, 0.25) is 5.02 Å². The van der Waals surface area contributed by atoms with Gasteiger partial charge in [-0.15, -0.1) is 0 Å². The van der Waals surface area contributed by atoms with Gasteiger partial charge in [0, 0.05) is 45.3 Å². The molecule has 4 rings (SSSR count). The second-order valence-corrected chi connectivity index (χ2v) is 10.3. The van der Waals surface area contributed by atoms with Gasteiger partial charge in [-0.2, -0.15) is 0 Å². The summed E-state index contributed by atoms with van der Waals surface area (Å²) in [6, 6.07) is 14.0. The number of carbonyl (C=O) groups excluding carboxylic acids is 1. The highest BCUT2D eigenvalue weighted by Crippen LogP contribution is 2.33. The van der Waals surface area contributed by atoms with Crippen LogP contribution in [0.25, 0.3) is 33.2 Å². The van der Waals surface area contributed by atoms with Crippen LogP contribution < -0.4 is 10.1 Å². The van der Waals surface area contributed by atoms with Crippen molar-refractivity contribution in [2.45, 2.75) is 6.42 Å². The van der Waals surface area contributed by atoms with E-state index in [-0.39, 0.29) is 12.5 Å². The van der Waals surface area contributed by atoms with E-state index in [9.17, 15) is 4.79 Å². The maximum absolute atomic E-state index is 12.1. The van der Waals surface area contributed by atoms with Crippen LogP contribution in [-0.2, 0) is 4.79 Å². The average Bonchev–Trinajstić information content (AvgIpc) is 3.31. The van der Waals surface area contributed by atoms with Gasteiger partial charge in [-0.25, -0.2) is 0 Å². The Balaban J connectivity index is 1.43. The number of carbonyl (C=O) groups is 1. The second kappa shape index (κ2) is 9.17. The van der Waals surface area contributed by atoms with Crippen LogP contribution in [0.4, 0.5) is 0 Å². The smallest absolute Gasteiger partial charge is 0.257 e. The molecule has 0 saturated carbocycles. The Morgan fingerprint density at radius 2 is 1.72 bits per heavy atom. The third-order valence-electron chi connectivity index (χ3n) is 5.23. The summed E-state index contributed by atoms with van der Waals surface area (Å²) in [4.78, 5) is 19.0. The number of aromatic nitrogens is 2. The summed E-state index contributed by atoms with van der Waals surface area (Å²) in [5, 5.41) is 5.48. The molecule has 4 aromatic rings. The Kier molecular flexibility index (Phi) is 6.51. The lowest BCUT2D eigenvalue weighted by molar-refractivity contribution is -0.870. The van der Waals surface area contributed by atoms with E-state index in [4.69, 9.17) is 16.3 Å². The quantitative estimate of drug-likeness (QED) is 0.218. The number of H-pyrrole nitrogens is 2. The van der Waals surface area contributed by atoms with E-state index >= 15 is 0 Å². The number of hydrogen-bond acceptors (Lipinski definition) is 2. The van der Waals surface area contributed by atoms with Gasteiger partial charge in [0.05, 0.1) is 44.1 Å². The molecule has 0 aliphatic heterocycles. The summed E-state index contributed by atoms with van der Waals surface area (Å²) in [7, 11) is 6.39. The molecular weight excluding hydrogens is 492 g/mol. The molecule has 3 N–H and O–H groups in total. The number of hydrogen-bond donors (Lipinski definition) is 3. The van der Waals surface area contributed by atoms with Crippen molar-refractivity contribution in [3.63, 3.8) is 0 Å². The van der Waals surface area contributed by atoms with Gasteiger partial charge in [-0.3, -0.25) is 4.79 Å². The van der Waals surface area contributed by atoms with Gasteiger partial charge >= 0.3 is 0 Å². The van der Waals surface area contributed by atoms with Crippen LogP contribution in [0.1, 0.15) is 6.42 Å². The van der Waals surface area contributed by atoms with Crippen LogP contribution in [0.15, 0.2) is 46.9 Å². The summed E-state index contributed by atoms with van der Waals surface area (Å²) >= 11 is 9.92. The van der Waals surface area contributed by atoms with E-state index in [1.165, 1.54) is 0 Å². The minimum atomic E-state index is -0.154. The third kappa shape index (κ3) is 5.46. The Hall–Kier alpha value is -2.48. The lowest BCUT2D eigenvalue weighted by Gasteiger charge is -2.23. The van der Waals surface area contributed by atoms with Gasteiger partial charge in [0.1, 0.15) is 5.75 Å². The molecule has 6 nitrogen and oxygen atoms in total. The first kappa shape index (κ1) is 22.7. The molecule has 2 aromatic heterocycles. The van der Waals surface area contributed by atoms with Crippen molar-refractivity contribution < 1.29 is 14.0 Å². The average molecular weight is 519 g/mol. The standard InChI is InChI=1S/C24H26BrClN4O2/c1-30(2,3)8-4-7-27-24(31)14-32-23-13-20-16(9-18(23)26)11-22(29-20)21-10-15-5-6-17(25)12-19(15)28-21/h5-6,9-13,28-29H,4,7-8,14H2,1-3H3/p+1. The number of rotatable bonds is 8. The first-order chi connectivity index (χ1) is 15.2. The highest BCUT2D eigenvalue weighted by molar-refractivity contribution is 9.10. The molecule has 0 aliphatic carbocycles. The fraction of sp³-hybridized carbons (Fsp3) is 0.292. The fourth-order valence-corrected chi connectivity index (χ4v) is 4.20. The Morgan fingerprint density at radius 3 is 2.44 bits per heavy atom. The highest BCUT2D eigenvalue weighted by Gasteiger charge is 2.12. The predicted molar refractivity (Wildman–Crippen MR) is 134 cm³/mol. The topological polar surface area (TPSA) is 69.9 Å². The van der Waals surface area contributed by atoms with Crippen LogP contribution >= 0.6 is 27.5 Å². The first-order valence-corrected chi connectivity index (χ1v) is 11.7. The number of halogens is 2. The van der Waals surface area contributed by atoms with Gasteiger partial charge < -0.3 is 24.5 Å². The number of nitrogens with one attached hydrogen (secondary N) is 3. The largest absolute Gasteiger partial charge is 0.482 e. The maximum atomic E-state index is 12.1. The fourth-order valence-electron chi connectivity index (χ4n) is 3.61. The Labute approximate surface area is 200 Å². The molecule has 168 valence electrons. The molecule has 0 unspecified atom stereocenters. The minimum Gasteiger partial charge on any atom is -0.482 e. The summed E-state index contributed by atoms with van der Waals surface area (Å²) in [6.07, 6.45) is 0.915. The second-order valence-electron chi connectivity index (χ2n) is 8.97. The van der Waals surface area contributed by atoms with Crippen molar-refractivity contribution in [1.29, 1.82) is 0 Å². The van der Waals surface area contributed by atoms with Gasteiger partial charge in [-0.1, -0.05) is 33.6 Å². The van der Waals surface area contributed by atoms with Crippen LogP contribution in [0.5, 0.6) is 5.75 Å². The lowest BCUT2D eigenvalue weighted by Crippen LogP contribution is -2.38. The molecule has 0 atom stereocenters. The molecule has 0 radical (unpaired) electrons. The number of quaternary nitrogens is 1. The molecule has 0 fully saturated rings. The Bertz CT molecular complexity index is 1270. The van der Waals surface area contributed by atoms with Crippen molar-refractivity contribution >= 4 is 55.2 Å². The molecule has 1 amide bonds. The molecule has 32 heavy (non-hydrogen) atoms. The van der Waals surface area contributed by atoms with Crippen LogP contribution in [0.3, 0.4) is 0 Å². The van der Waals surface area contributed by atoms with Crippen LogP contribution in [0, 0.1) is 0 Å². The zero-order chi connectivity index (χ0) is 22.9. The molecule has 0 spiro atoms. The molecule has 8 heteroatoms. The number of amides is 1. The summed E-state index contributed by atoms with van der Waals surface area (Å²) < 4.78 is 7.60. The van der Waals surface area contributed by atoms with E-state index < -0.39 is 0 Å². The normalized spacial score (nSPS) is 11.9. The summed E-state index contributed by atoms with van der Waals surface area (Å²) in [5.74, 6) is 0.327. The van der Waals surface area contributed by atoms with E-state index in [0.29, 0.717) is 17.3 Å². The van der Waals surface area contributed by atoms with E-state index in [0.717, 1.165) is 55.1 Å². The zero-order valence-electron chi connectivity index (χ0n) is 18.4. The first-order valence-electron chi connectivity index (χ1n) is 10.5.